The van der Waals surface area contributed by atoms with E-state index in [0.717, 1.165) is 17.7 Å². The lowest BCUT2D eigenvalue weighted by Gasteiger charge is -2.14. The maximum Gasteiger partial charge on any atom is 0.172 e. The van der Waals surface area contributed by atoms with E-state index in [1.807, 2.05) is 6.92 Å². The van der Waals surface area contributed by atoms with Crippen LogP contribution in [0.2, 0.25) is 0 Å². The number of unbranched alkanes of at least 4 members (excludes halogenated alkanes) is 1. The van der Waals surface area contributed by atoms with Crippen molar-refractivity contribution in [1.29, 1.82) is 0 Å². The van der Waals surface area contributed by atoms with Crippen molar-refractivity contribution in [2.24, 2.45) is 0 Å². The fourth-order valence-electron chi connectivity index (χ4n) is 2.74. The van der Waals surface area contributed by atoms with Gasteiger partial charge >= 0.3 is 0 Å². The summed E-state index contributed by atoms with van der Waals surface area (Å²) in [7, 11) is 0. The van der Waals surface area contributed by atoms with E-state index in [9.17, 15) is 4.79 Å². The molecule has 0 N–H and O–H groups in total. The van der Waals surface area contributed by atoms with E-state index in [1.54, 1.807) is 11.3 Å². The van der Waals surface area contributed by atoms with Gasteiger partial charge in [-0.2, -0.15) is 0 Å². The van der Waals surface area contributed by atoms with Gasteiger partial charge in [-0.25, -0.2) is 0 Å². The largest absolute Gasteiger partial charge is 0.293 e. The van der Waals surface area contributed by atoms with E-state index in [-0.39, 0.29) is 5.78 Å². The minimum absolute atomic E-state index is 0.264. The first-order valence-electron chi connectivity index (χ1n) is 8.19. The summed E-state index contributed by atoms with van der Waals surface area (Å²) in [4.78, 5) is 12.9. The van der Waals surface area contributed by atoms with Crippen LogP contribution in [0.5, 0.6) is 0 Å². The van der Waals surface area contributed by atoms with Crippen LogP contribution < -0.4 is 9.75 Å². The number of hydrogen-bond acceptors (Lipinski definition) is 2. The lowest BCUT2D eigenvalue weighted by atomic mass is 9.92. The molecule has 21 heavy (non-hydrogen) atoms. The summed E-state index contributed by atoms with van der Waals surface area (Å²) >= 11 is 1.66. The van der Waals surface area contributed by atoms with Crippen LogP contribution in [0, 0.1) is 0 Å². The Hall–Kier alpha value is -1.15. The van der Waals surface area contributed by atoms with Crippen LogP contribution in [0.15, 0.2) is 17.2 Å². The molecule has 0 unspecified atom stereocenters. The van der Waals surface area contributed by atoms with Gasteiger partial charge < -0.3 is 0 Å². The third-order valence-electron chi connectivity index (χ3n) is 4.13. The Balaban J connectivity index is 2.50. The molecular formula is C19H26OS. The fourth-order valence-corrected chi connectivity index (χ4v) is 3.86. The first kappa shape index (κ1) is 16.2. The van der Waals surface area contributed by atoms with Crippen LogP contribution >= 0.6 is 11.3 Å². The van der Waals surface area contributed by atoms with Crippen molar-refractivity contribution in [1.82, 2.24) is 0 Å². The van der Waals surface area contributed by atoms with Crippen molar-refractivity contribution < 1.29 is 4.79 Å². The highest BCUT2D eigenvalue weighted by molar-refractivity contribution is 7.12. The molecule has 1 aromatic rings. The van der Waals surface area contributed by atoms with Gasteiger partial charge in [-0.1, -0.05) is 38.0 Å². The second kappa shape index (κ2) is 7.74. The fraction of sp³-hybridized carbons (Fsp3) is 0.526. The Morgan fingerprint density at radius 2 is 2.05 bits per heavy atom. The van der Waals surface area contributed by atoms with Gasteiger partial charge in [-0.05, 0) is 55.9 Å². The molecular weight excluding hydrogens is 276 g/mol. The summed E-state index contributed by atoms with van der Waals surface area (Å²) in [6.45, 7) is 6.39. The van der Waals surface area contributed by atoms with Gasteiger partial charge in [0, 0.05) is 11.0 Å². The molecule has 0 aromatic carbocycles. The molecule has 0 spiro atoms. The van der Waals surface area contributed by atoms with Crippen molar-refractivity contribution in [3.8, 4) is 0 Å². The highest BCUT2D eigenvalue weighted by Crippen LogP contribution is 2.25. The van der Waals surface area contributed by atoms with Gasteiger partial charge in [0.2, 0.25) is 0 Å². The highest BCUT2D eigenvalue weighted by atomic mass is 32.1. The summed E-state index contributed by atoms with van der Waals surface area (Å²) in [6, 6.07) is 2.10. The molecule has 0 fully saturated rings. The predicted octanol–water partition coefficient (Wildman–Crippen LogP) is 4.59. The van der Waals surface area contributed by atoms with Crippen molar-refractivity contribution in [2.75, 3.05) is 0 Å². The first-order chi connectivity index (χ1) is 10.2. The van der Waals surface area contributed by atoms with Crippen LogP contribution in [0.25, 0.3) is 12.2 Å². The number of hydrogen-bond donors (Lipinski definition) is 0. The van der Waals surface area contributed by atoms with Gasteiger partial charge in [0.1, 0.15) is 0 Å². The molecule has 114 valence electrons. The summed E-state index contributed by atoms with van der Waals surface area (Å²) in [5.41, 5.74) is 3.01. The quantitative estimate of drug-likeness (QED) is 0.727. The summed E-state index contributed by atoms with van der Waals surface area (Å²) < 4.78 is 1.28. The number of carbonyl (C=O) groups excluding carboxylic acids is 1. The zero-order valence-corrected chi connectivity index (χ0v) is 14.3. The summed E-state index contributed by atoms with van der Waals surface area (Å²) in [5.74, 6) is 0.264. The van der Waals surface area contributed by atoms with Gasteiger partial charge in [0.05, 0.1) is 4.88 Å². The number of thiophene rings is 1. The summed E-state index contributed by atoms with van der Waals surface area (Å²) in [6.07, 6.45) is 12.5. The normalized spacial score (nSPS) is 17.7. The van der Waals surface area contributed by atoms with Crippen LogP contribution in [0.4, 0.5) is 0 Å². The molecule has 2 heteroatoms. The Morgan fingerprint density at radius 3 is 2.71 bits per heavy atom. The summed E-state index contributed by atoms with van der Waals surface area (Å²) in [5, 5.41) is 1.25. The van der Waals surface area contributed by atoms with Gasteiger partial charge in [0.25, 0.3) is 0 Å². The third-order valence-corrected chi connectivity index (χ3v) is 5.32. The smallest absolute Gasteiger partial charge is 0.172 e. The molecule has 1 nitrogen and oxygen atoms in total. The Bertz CT molecular complexity index is 646. The minimum Gasteiger partial charge on any atom is -0.293 e. The highest BCUT2D eigenvalue weighted by Gasteiger charge is 2.09. The predicted molar refractivity (Wildman–Crippen MR) is 93.2 cm³/mol. The van der Waals surface area contributed by atoms with Gasteiger partial charge in [0.15, 0.2) is 5.78 Å². The molecule has 1 aromatic heterocycles. The zero-order chi connectivity index (χ0) is 15.2. The van der Waals surface area contributed by atoms with E-state index >= 15 is 0 Å². The molecule has 0 atom stereocenters. The third kappa shape index (κ3) is 4.16. The Morgan fingerprint density at radius 1 is 1.29 bits per heavy atom. The Labute approximate surface area is 132 Å². The lowest BCUT2D eigenvalue weighted by Crippen LogP contribution is -2.18. The van der Waals surface area contributed by atoms with Crippen LogP contribution in [-0.2, 0) is 0 Å². The van der Waals surface area contributed by atoms with Crippen molar-refractivity contribution in [2.45, 2.75) is 65.7 Å². The number of ketones is 1. The van der Waals surface area contributed by atoms with Crippen molar-refractivity contribution in [3.63, 3.8) is 0 Å². The van der Waals surface area contributed by atoms with E-state index < -0.39 is 0 Å². The second-order valence-corrected chi connectivity index (χ2v) is 6.94. The van der Waals surface area contributed by atoms with E-state index in [2.05, 4.69) is 32.1 Å². The molecule has 0 saturated heterocycles. The van der Waals surface area contributed by atoms with E-state index in [4.69, 9.17) is 0 Å². The van der Waals surface area contributed by atoms with Crippen molar-refractivity contribution in [3.05, 3.63) is 31.8 Å². The average molecular weight is 302 g/mol. The zero-order valence-electron chi connectivity index (χ0n) is 13.5. The average Bonchev–Trinajstić information content (AvgIpc) is 2.89. The van der Waals surface area contributed by atoms with E-state index in [1.165, 1.54) is 46.6 Å². The minimum atomic E-state index is 0.264. The monoisotopic (exact) mass is 302 g/mol. The standard InChI is InChI=1S/C19H26OS/c1-4-6-11-18-16(13-19(21-18)17(20)5-2)12-15-10-8-7-9-14(15)3/h11-13H,4-10H2,1-3H3/b16-12-,18-11-. The molecule has 1 heterocycles. The second-order valence-electron chi connectivity index (χ2n) is 5.86. The maximum atomic E-state index is 12.0. The molecule has 1 aliphatic carbocycles. The molecule has 0 radical (unpaired) electrons. The molecule has 0 aliphatic heterocycles. The van der Waals surface area contributed by atoms with Gasteiger partial charge in [-0.3, -0.25) is 4.79 Å². The maximum absolute atomic E-state index is 12.0. The van der Waals surface area contributed by atoms with Crippen molar-refractivity contribution >= 4 is 29.3 Å². The first-order valence-corrected chi connectivity index (χ1v) is 9.01. The molecule has 0 saturated carbocycles. The molecule has 0 bridgehead atoms. The van der Waals surface area contributed by atoms with E-state index in [0.29, 0.717) is 6.42 Å². The van der Waals surface area contributed by atoms with Crippen LogP contribution in [-0.4, -0.2) is 5.78 Å². The molecule has 0 amide bonds. The SMILES string of the molecule is CCC/C=c1\sc(C(=O)CC)c\c1=C\C1=C(C)CCCC1. The number of allylic oxidation sites excluding steroid dienone is 2. The number of carbonyl (C=O) groups is 1. The van der Waals surface area contributed by atoms with Crippen LogP contribution in [0.1, 0.15) is 75.4 Å². The van der Waals surface area contributed by atoms with Gasteiger partial charge in [-0.15, -0.1) is 11.3 Å². The van der Waals surface area contributed by atoms with Crippen LogP contribution in [0.3, 0.4) is 0 Å². The Kier molecular flexibility index (Phi) is 5.98. The molecule has 1 aliphatic rings. The topological polar surface area (TPSA) is 17.1 Å². The molecule has 2 rings (SSSR count). The number of rotatable bonds is 5. The number of Topliss-reactive ketones (excluding diaryl/α,β-unsaturated/α-hetero) is 1. The lowest BCUT2D eigenvalue weighted by molar-refractivity contribution is 0.0992.